The van der Waals surface area contributed by atoms with Crippen molar-refractivity contribution in [2.24, 2.45) is 17.3 Å². The van der Waals surface area contributed by atoms with E-state index >= 15 is 0 Å². The Morgan fingerprint density at radius 2 is 0.878 bits per heavy atom. The molecule has 0 aliphatic heterocycles. The van der Waals surface area contributed by atoms with Gasteiger partial charge in [0.05, 0.1) is 5.41 Å². The van der Waals surface area contributed by atoms with Gasteiger partial charge in [0, 0.05) is 11.8 Å². The molecule has 0 aliphatic carbocycles. The van der Waals surface area contributed by atoms with Crippen molar-refractivity contribution < 1.29 is 19.8 Å². The fraction of sp³-hybridized carbons (Fsp3) is 0.689. The average molecular weight is 677 g/mol. The van der Waals surface area contributed by atoms with Gasteiger partial charge in [-0.05, 0) is 82.7 Å². The van der Waals surface area contributed by atoms with Gasteiger partial charge in [0.1, 0.15) is 23.1 Å². The van der Waals surface area contributed by atoms with Crippen molar-refractivity contribution in [2.75, 3.05) is 0 Å². The number of aryl methyl sites for hydroxylation is 2. The van der Waals surface area contributed by atoms with Gasteiger partial charge in [0.25, 0.3) is 0 Å². The van der Waals surface area contributed by atoms with Crippen LogP contribution >= 0.6 is 0 Å². The van der Waals surface area contributed by atoms with Crippen molar-refractivity contribution in [3.8, 4) is 11.5 Å². The number of benzene rings is 2. The van der Waals surface area contributed by atoms with Crippen LogP contribution in [0.3, 0.4) is 0 Å². The van der Waals surface area contributed by atoms with Crippen LogP contribution in [0.5, 0.6) is 11.5 Å². The lowest BCUT2D eigenvalue weighted by molar-refractivity contribution is -0.144. The third-order valence-corrected chi connectivity index (χ3v) is 10.2. The Morgan fingerprint density at radius 1 is 0.551 bits per heavy atom. The number of aromatic hydroxyl groups is 2. The summed E-state index contributed by atoms with van der Waals surface area (Å²) in [7, 11) is 0. The summed E-state index contributed by atoms with van der Waals surface area (Å²) in [6.07, 6.45) is 13.5. The van der Waals surface area contributed by atoms with Crippen molar-refractivity contribution in [1.29, 1.82) is 0 Å². The molecule has 4 nitrogen and oxygen atoms in total. The summed E-state index contributed by atoms with van der Waals surface area (Å²) in [5, 5.41) is 23.0. The number of phenols is 2. The molecular formula is C45H72O4. The summed E-state index contributed by atoms with van der Waals surface area (Å²) >= 11 is 0. The topological polar surface area (TPSA) is 74.6 Å². The minimum absolute atomic E-state index is 0.0378. The van der Waals surface area contributed by atoms with E-state index in [0.717, 1.165) is 71.9 Å². The van der Waals surface area contributed by atoms with E-state index in [1.54, 1.807) is 0 Å². The van der Waals surface area contributed by atoms with Gasteiger partial charge in [0.2, 0.25) is 0 Å². The van der Waals surface area contributed by atoms with E-state index in [0.29, 0.717) is 11.5 Å². The maximum atomic E-state index is 14.6. The summed E-state index contributed by atoms with van der Waals surface area (Å²) in [4.78, 5) is 29.2. The van der Waals surface area contributed by atoms with Gasteiger partial charge >= 0.3 is 0 Å². The lowest BCUT2D eigenvalue weighted by atomic mass is 9.64. The molecule has 0 saturated heterocycles. The Hall–Kier alpha value is -2.62. The van der Waals surface area contributed by atoms with Gasteiger partial charge in [-0.1, -0.05) is 159 Å². The van der Waals surface area contributed by atoms with Gasteiger partial charge in [-0.3, -0.25) is 9.59 Å². The van der Waals surface area contributed by atoms with Crippen LogP contribution in [0, 0.1) is 17.3 Å². The SMILES string of the molecule is CCCCCCCc1cc(CC(Cc2cc(CCCCCCC)c(O)c(C(C)(C)C)c2)(C(=O)C(C)C)C(=O)C(C)C)cc(C(C)(C)C)c1O. The zero-order valence-corrected chi connectivity index (χ0v) is 33.6. The average Bonchev–Trinajstić information content (AvgIpc) is 3.00. The quantitative estimate of drug-likeness (QED) is 0.108. The Morgan fingerprint density at radius 3 is 1.16 bits per heavy atom. The Labute approximate surface area is 300 Å². The van der Waals surface area contributed by atoms with Gasteiger partial charge in [0.15, 0.2) is 0 Å². The molecule has 0 radical (unpaired) electrons. The van der Waals surface area contributed by atoms with Gasteiger partial charge in [-0.25, -0.2) is 0 Å². The highest BCUT2D eigenvalue weighted by atomic mass is 16.3. The van der Waals surface area contributed by atoms with Crippen LogP contribution in [-0.2, 0) is 46.1 Å². The number of rotatable bonds is 20. The highest BCUT2D eigenvalue weighted by Crippen LogP contribution is 2.42. The zero-order chi connectivity index (χ0) is 37.2. The molecule has 2 aromatic carbocycles. The number of Topliss-reactive ketones (excluding diaryl/α,β-unsaturated/α-hetero) is 2. The predicted octanol–water partition coefficient (Wildman–Crippen LogP) is 11.9. The molecular weight excluding hydrogens is 604 g/mol. The van der Waals surface area contributed by atoms with E-state index < -0.39 is 5.41 Å². The second kappa shape index (κ2) is 18.6. The number of carbonyl (C=O) groups is 2. The van der Waals surface area contributed by atoms with Crippen molar-refractivity contribution in [3.63, 3.8) is 0 Å². The lowest BCUT2D eigenvalue weighted by Crippen LogP contribution is -2.47. The molecule has 0 heterocycles. The van der Waals surface area contributed by atoms with Crippen LogP contribution < -0.4 is 0 Å². The molecule has 4 heteroatoms. The highest BCUT2D eigenvalue weighted by molar-refractivity contribution is 6.09. The summed E-state index contributed by atoms with van der Waals surface area (Å²) in [5.74, 6) is -0.0537. The van der Waals surface area contributed by atoms with E-state index in [4.69, 9.17) is 0 Å². The number of unbranched alkanes of at least 4 members (excludes halogenated alkanes) is 8. The van der Waals surface area contributed by atoms with E-state index in [2.05, 4.69) is 67.5 Å². The second-order valence-electron chi connectivity index (χ2n) is 17.6. The Balaban J connectivity index is 2.79. The molecule has 0 amide bonds. The van der Waals surface area contributed by atoms with Crippen LogP contribution in [0.2, 0.25) is 0 Å². The number of hydrogen-bond donors (Lipinski definition) is 2. The first-order valence-corrected chi connectivity index (χ1v) is 19.6. The van der Waals surface area contributed by atoms with Crippen LogP contribution in [0.4, 0.5) is 0 Å². The van der Waals surface area contributed by atoms with Gasteiger partial charge in [-0.15, -0.1) is 0 Å². The molecule has 0 aromatic heterocycles. The Kier molecular flexibility index (Phi) is 16.1. The molecule has 0 bridgehead atoms. The number of ketones is 2. The molecule has 49 heavy (non-hydrogen) atoms. The van der Waals surface area contributed by atoms with Gasteiger partial charge < -0.3 is 10.2 Å². The molecule has 2 N–H and O–H groups in total. The second-order valence-corrected chi connectivity index (χ2v) is 17.6. The molecule has 0 atom stereocenters. The first kappa shape index (κ1) is 42.5. The number of hydrogen-bond acceptors (Lipinski definition) is 4. The summed E-state index contributed by atoms with van der Waals surface area (Å²) in [5.41, 5.74) is 3.50. The third-order valence-electron chi connectivity index (χ3n) is 10.2. The van der Waals surface area contributed by atoms with Crippen LogP contribution in [0.1, 0.15) is 181 Å². The zero-order valence-electron chi connectivity index (χ0n) is 33.6. The molecule has 0 spiro atoms. The fourth-order valence-corrected chi connectivity index (χ4v) is 7.42. The summed E-state index contributed by atoms with van der Waals surface area (Å²) < 4.78 is 0. The van der Waals surface area contributed by atoms with E-state index in [9.17, 15) is 19.8 Å². The normalized spacial score (nSPS) is 12.7. The molecule has 0 saturated carbocycles. The molecule has 276 valence electrons. The van der Waals surface area contributed by atoms with Crippen molar-refractivity contribution >= 4 is 11.6 Å². The predicted molar refractivity (Wildman–Crippen MR) is 208 cm³/mol. The summed E-state index contributed by atoms with van der Waals surface area (Å²) in [6, 6.07) is 8.23. The van der Waals surface area contributed by atoms with E-state index in [1.165, 1.54) is 38.5 Å². The van der Waals surface area contributed by atoms with Gasteiger partial charge in [-0.2, -0.15) is 0 Å². The third kappa shape index (κ3) is 11.7. The van der Waals surface area contributed by atoms with Crippen LogP contribution in [-0.4, -0.2) is 21.8 Å². The number of carbonyl (C=O) groups excluding carboxylic acids is 2. The van der Waals surface area contributed by atoms with E-state index in [1.807, 2.05) is 39.8 Å². The molecule has 2 aromatic rings. The minimum Gasteiger partial charge on any atom is -0.507 e. The van der Waals surface area contributed by atoms with Crippen LogP contribution in [0.25, 0.3) is 0 Å². The lowest BCUT2D eigenvalue weighted by Gasteiger charge is -2.36. The van der Waals surface area contributed by atoms with Crippen molar-refractivity contribution in [2.45, 2.75) is 184 Å². The van der Waals surface area contributed by atoms with E-state index in [-0.39, 0.29) is 47.1 Å². The monoisotopic (exact) mass is 677 g/mol. The Bertz CT molecular complexity index is 1260. The minimum atomic E-state index is -1.28. The molecule has 2 rings (SSSR count). The van der Waals surface area contributed by atoms with Crippen molar-refractivity contribution in [1.82, 2.24) is 0 Å². The first-order chi connectivity index (χ1) is 22.8. The maximum Gasteiger partial charge on any atom is 0.149 e. The standard InChI is InChI=1S/C45H72O4/c1-13-15-17-19-21-23-35-25-33(27-37(39(35)46)43(7,8)9)29-45(41(48)31(3)4,42(49)32(5)6)30-34-26-36(24-22-20-18-16-14-2)40(47)38(28-34)44(10,11)12/h25-28,31-32,46-47H,13-24,29-30H2,1-12H3. The van der Waals surface area contributed by atoms with Crippen molar-refractivity contribution in [3.05, 3.63) is 57.6 Å². The van der Waals surface area contributed by atoms with Crippen LogP contribution in [0.15, 0.2) is 24.3 Å². The number of phenolic OH excluding ortho intramolecular Hbond substituents is 2. The largest absolute Gasteiger partial charge is 0.507 e. The molecule has 0 aliphatic rings. The fourth-order valence-electron chi connectivity index (χ4n) is 7.42. The summed E-state index contributed by atoms with van der Waals surface area (Å²) in [6.45, 7) is 24.7. The molecule has 0 unspecified atom stereocenters. The maximum absolute atomic E-state index is 14.6. The smallest absolute Gasteiger partial charge is 0.149 e. The molecule has 0 fully saturated rings. The first-order valence-electron chi connectivity index (χ1n) is 19.6. The highest BCUT2D eigenvalue weighted by Gasteiger charge is 2.47.